The molecule has 28 heavy (non-hydrogen) atoms. The highest BCUT2D eigenvalue weighted by molar-refractivity contribution is 5.95. The molecule has 0 bridgehead atoms. The van der Waals surface area contributed by atoms with Gasteiger partial charge in [-0.05, 0) is 37.6 Å². The van der Waals surface area contributed by atoms with Crippen LogP contribution in [0, 0.1) is 22.2 Å². The van der Waals surface area contributed by atoms with Gasteiger partial charge in [0, 0.05) is 25.7 Å². The van der Waals surface area contributed by atoms with Crippen LogP contribution >= 0.6 is 0 Å². The molecular weight excluding hydrogens is 358 g/mol. The molecule has 1 heterocycles. The van der Waals surface area contributed by atoms with Crippen LogP contribution in [0.25, 0.3) is 0 Å². The normalized spacial score (nSPS) is 28.4. The zero-order valence-electron chi connectivity index (χ0n) is 16.4. The number of nitriles is 1. The molecule has 1 aromatic carbocycles. The van der Waals surface area contributed by atoms with Gasteiger partial charge < -0.3 is 19.7 Å². The Labute approximate surface area is 164 Å². The third-order valence-corrected chi connectivity index (χ3v) is 5.68. The number of likely N-dealkylation sites (tertiary alicyclic amines) is 1. The van der Waals surface area contributed by atoms with Crippen LogP contribution in [0.3, 0.4) is 0 Å². The lowest BCUT2D eigenvalue weighted by Crippen LogP contribution is -2.48. The van der Waals surface area contributed by atoms with E-state index in [2.05, 4.69) is 11.4 Å². The largest absolute Gasteiger partial charge is 0.497 e. The van der Waals surface area contributed by atoms with Gasteiger partial charge in [0.05, 0.1) is 31.3 Å². The minimum absolute atomic E-state index is 0.126. The van der Waals surface area contributed by atoms with Crippen molar-refractivity contribution in [2.24, 2.45) is 10.8 Å². The van der Waals surface area contributed by atoms with E-state index in [1.165, 1.54) is 0 Å². The van der Waals surface area contributed by atoms with Crippen LogP contribution in [0.4, 0.5) is 0 Å². The number of methoxy groups -OCH3 is 1. The van der Waals surface area contributed by atoms with E-state index in [0.717, 1.165) is 0 Å². The first kappa shape index (κ1) is 19.9. The van der Waals surface area contributed by atoms with Gasteiger partial charge in [-0.25, -0.2) is 0 Å². The highest BCUT2D eigenvalue weighted by Gasteiger charge is 2.48. The van der Waals surface area contributed by atoms with Crippen LogP contribution in [0.15, 0.2) is 36.4 Å². The van der Waals surface area contributed by atoms with Crippen LogP contribution in [-0.2, 0) is 9.53 Å². The predicted molar refractivity (Wildman–Crippen MR) is 103 cm³/mol. The summed E-state index contributed by atoms with van der Waals surface area (Å²) in [4.78, 5) is 27.2. The molecular formula is C21H25N3O4. The molecule has 1 fully saturated rings. The molecule has 7 heteroatoms. The Bertz CT molecular complexity index is 829. The molecule has 3 atom stereocenters. The summed E-state index contributed by atoms with van der Waals surface area (Å²) in [5.41, 5.74) is -0.939. The predicted octanol–water partition coefficient (Wildman–Crippen LogP) is 1.76. The molecule has 1 aromatic rings. The van der Waals surface area contributed by atoms with E-state index in [-0.39, 0.29) is 31.1 Å². The number of nitrogens with one attached hydrogen (secondary N) is 1. The van der Waals surface area contributed by atoms with Crippen molar-refractivity contribution in [3.63, 3.8) is 0 Å². The first-order chi connectivity index (χ1) is 13.4. The SMILES string of the molecule is CNC(=O)C1(COC2C=C[C@]2(C)C#N)CCN(C(=O)c2ccc(OC)cc2)C1. The van der Waals surface area contributed by atoms with Crippen LogP contribution < -0.4 is 10.1 Å². The van der Waals surface area contributed by atoms with E-state index in [4.69, 9.17) is 9.47 Å². The van der Waals surface area contributed by atoms with E-state index in [0.29, 0.717) is 24.3 Å². The number of rotatable bonds is 6. The molecule has 148 valence electrons. The van der Waals surface area contributed by atoms with Crippen molar-refractivity contribution in [2.45, 2.75) is 19.4 Å². The summed E-state index contributed by atoms with van der Waals surface area (Å²) < 4.78 is 11.1. The highest BCUT2D eigenvalue weighted by Crippen LogP contribution is 2.38. The fraction of sp³-hybridized carbons (Fsp3) is 0.476. The fourth-order valence-electron chi connectivity index (χ4n) is 3.64. The number of amides is 2. The first-order valence-corrected chi connectivity index (χ1v) is 9.25. The van der Waals surface area contributed by atoms with Crippen LogP contribution in [0.2, 0.25) is 0 Å². The van der Waals surface area contributed by atoms with Gasteiger partial charge in [0.2, 0.25) is 5.91 Å². The molecule has 1 aliphatic carbocycles. The maximum atomic E-state index is 12.9. The van der Waals surface area contributed by atoms with Crippen molar-refractivity contribution in [1.82, 2.24) is 10.2 Å². The van der Waals surface area contributed by atoms with Gasteiger partial charge >= 0.3 is 0 Å². The third-order valence-electron chi connectivity index (χ3n) is 5.68. The second-order valence-electron chi connectivity index (χ2n) is 7.55. The van der Waals surface area contributed by atoms with Gasteiger partial charge in [0.15, 0.2) is 0 Å². The maximum Gasteiger partial charge on any atom is 0.253 e. The monoisotopic (exact) mass is 383 g/mol. The average Bonchev–Trinajstić information content (AvgIpc) is 3.16. The smallest absolute Gasteiger partial charge is 0.253 e. The minimum Gasteiger partial charge on any atom is -0.497 e. The van der Waals surface area contributed by atoms with Gasteiger partial charge in [0.1, 0.15) is 11.2 Å². The summed E-state index contributed by atoms with van der Waals surface area (Å²) in [5.74, 6) is 0.401. The molecule has 1 aliphatic heterocycles. The zero-order chi connectivity index (χ0) is 20.4. The van der Waals surface area contributed by atoms with E-state index in [9.17, 15) is 14.9 Å². The lowest BCUT2D eigenvalue weighted by atomic mass is 9.76. The maximum absolute atomic E-state index is 12.9. The van der Waals surface area contributed by atoms with Crippen molar-refractivity contribution in [3.8, 4) is 11.8 Å². The summed E-state index contributed by atoms with van der Waals surface area (Å²) in [6, 6.07) is 9.14. The van der Waals surface area contributed by atoms with E-state index in [1.807, 2.05) is 6.08 Å². The van der Waals surface area contributed by atoms with E-state index in [1.54, 1.807) is 56.3 Å². The van der Waals surface area contributed by atoms with Gasteiger partial charge in [0.25, 0.3) is 5.91 Å². The molecule has 0 saturated carbocycles. The zero-order valence-corrected chi connectivity index (χ0v) is 16.4. The van der Waals surface area contributed by atoms with Gasteiger partial charge in [-0.3, -0.25) is 9.59 Å². The Kier molecular flexibility index (Phi) is 5.43. The first-order valence-electron chi connectivity index (χ1n) is 9.25. The molecule has 1 saturated heterocycles. The number of carbonyl (C=O) groups is 2. The van der Waals surface area contributed by atoms with Crippen molar-refractivity contribution in [1.29, 1.82) is 5.26 Å². The Hall–Kier alpha value is -2.85. The van der Waals surface area contributed by atoms with Crippen molar-refractivity contribution in [3.05, 3.63) is 42.0 Å². The minimum atomic E-state index is -0.823. The Morgan fingerprint density at radius 1 is 1.36 bits per heavy atom. The van der Waals surface area contributed by atoms with Gasteiger partial charge in [-0.2, -0.15) is 5.26 Å². The summed E-state index contributed by atoms with van der Waals surface area (Å²) in [7, 11) is 3.16. The van der Waals surface area contributed by atoms with Crippen LogP contribution in [-0.4, -0.2) is 56.7 Å². The van der Waals surface area contributed by atoms with Crippen molar-refractivity contribution in [2.75, 3.05) is 33.9 Å². The van der Waals surface area contributed by atoms with E-state index < -0.39 is 10.8 Å². The highest BCUT2D eigenvalue weighted by atomic mass is 16.5. The molecule has 2 amide bonds. The summed E-state index contributed by atoms with van der Waals surface area (Å²) in [5, 5.41) is 12.0. The second kappa shape index (κ2) is 7.64. The molecule has 3 rings (SSSR count). The van der Waals surface area contributed by atoms with Crippen molar-refractivity contribution >= 4 is 11.8 Å². The second-order valence-corrected chi connectivity index (χ2v) is 7.55. The standard InChI is InChI=1S/C21H25N3O4/c1-20(12-22)9-8-17(20)28-14-21(19(26)23-2)10-11-24(13-21)18(25)15-4-6-16(27-3)7-5-15/h4-9,17H,10-11,13-14H2,1-3H3,(H,23,26)/t17?,20-,21?/m1/s1. The van der Waals surface area contributed by atoms with Gasteiger partial charge in [-0.15, -0.1) is 0 Å². The number of carbonyl (C=O) groups excluding carboxylic acids is 2. The molecule has 0 radical (unpaired) electrons. The molecule has 2 aliphatic rings. The lowest BCUT2D eigenvalue weighted by molar-refractivity contribution is -0.135. The number of hydrogen-bond acceptors (Lipinski definition) is 5. The molecule has 2 unspecified atom stereocenters. The topological polar surface area (TPSA) is 91.7 Å². The summed E-state index contributed by atoms with van der Waals surface area (Å²) >= 11 is 0. The Morgan fingerprint density at radius 2 is 2.07 bits per heavy atom. The number of nitrogens with zero attached hydrogens (tertiary/aromatic N) is 2. The fourth-order valence-corrected chi connectivity index (χ4v) is 3.64. The summed E-state index contributed by atoms with van der Waals surface area (Å²) in [6.07, 6.45) is 3.80. The quantitative estimate of drug-likeness (QED) is 0.756. The average molecular weight is 383 g/mol. The lowest BCUT2D eigenvalue weighted by Gasteiger charge is -2.37. The Balaban J connectivity index is 1.71. The summed E-state index contributed by atoms with van der Waals surface area (Å²) in [6.45, 7) is 2.71. The number of ether oxygens (including phenoxy) is 2. The Morgan fingerprint density at radius 3 is 2.61 bits per heavy atom. The third kappa shape index (κ3) is 3.48. The van der Waals surface area contributed by atoms with E-state index >= 15 is 0 Å². The van der Waals surface area contributed by atoms with Crippen LogP contribution in [0.1, 0.15) is 23.7 Å². The van der Waals surface area contributed by atoms with Gasteiger partial charge in [-0.1, -0.05) is 12.2 Å². The number of hydrogen-bond donors (Lipinski definition) is 1. The van der Waals surface area contributed by atoms with Crippen LogP contribution in [0.5, 0.6) is 5.75 Å². The molecule has 0 aromatic heterocycles. The molecule has 0 spiro atoms. The van der Waals surface area contributed by atoms with Crippen molar-refractivity contribution < 1.29 is 19.1 Å². The number of benzene rings is 1. The molecule has 7 nitrogen and oxygen atoms in total. The molecule has 1 N–H and O–H groups in total.